The fourth-order valence-corrected chi connectivity index (χ4v) is 2.62. The van der Waals surface area contributed by atoms with Crippen molar-refractivity contribution in [2.45, 2.75) is 12.4 Å². The van der Waals surface area contributed by atoms with Gasteiger partial charge in [-0.3, -0.25) is 4.98 Å². The molecular weight excluding hydrogens is 509 g/mol. The van der Waals surface area contributed by atoms with Crippen LogP contribution in [0.2, 0.25) is 5.15 Å². The predicted octanol–water partition coefficient (Wildman–Crippen LogP) is 5.89. The van der Waals surface area contributed by atoms with Crippen molar-refractivity contribution in [1.29, 1.82) is 0 Å². The van der Waals surface area contributed by atoms with Gasteiger partial charge in [-0.1, -0.05) is 72.3 Å². The van der Waals surface area contributed by atoms with Crippen LogP contribution >= 0.6 is 11.6 Å². The van der Waals surface area contributed by atoms with Crippen LogP contribution in [0.3, 0.4) is 0 Å². The van der Waals surface area contributed by atoms with E-state index in [2.05, 4.69) is 9.97 Å². The molecule has 0 atom stereocenters. The molecule has 0 saturated carbocycles. The Bertz CT molecular complexity index is 1180. The summed E-state index contributed by atoms with van der Waals surface area (Å²) in [7, 11) is -1.34. The van der Waals surface area contributed by atoms with E-state index in [0.29, 0.717) is 17.4 Å². The van der Waals surface area contributed by atoms with Crippen LogP contribution in [-0.4, -0.2) is 27.1 Å². The minimum absolute atomic E-state index is 0.0537. The molecule has 0 fully saturated rings. The fourth-order valence-electron chi connectivity index (χ4n) is 2.51. The number of alkyl halides is 6. The Balaban J connectivity index is 0.000000200. The van der Waals surface area contributed by atoms with Gasteiger partial charge in [0.25, 0.3) is 0 Å². The van der Waals surface area contributed by atoms with Gasteiger partial charge in [0, 0.05) is 18.0 Å². The molecule has 0 radical (unpaired) electrons. The fraction of sp³-hybridized carbons (Fsp3) is 0.0833. The zero-order valence-electron chi connectivity index (χ0n) is 18.2. The van der Waals surface area contributed by atoms with Crippen LogP contribution in [0.5, 0.6) is 0 Å². The van der Waals surface area contributed by atoms with Crippen molar-refractivity contribution in [2.75, 3.05) is 0 Å². The second-order valence-electron chi connectivity index (χ2n) is 6.95. The van der Waals surface area contributed by atoms with Gasteiger partial charge in [0.2, 0.25) is 0 Å². The highest BCUT2D eigenvalue weighted by Gasteiger charge is 2.31. The van der Waals surface area contributed by atoms with Crippen LogP contribution in [-0.2, 0) is 12.4 Å². The molecule has 0 aliphatic carbocycles. The summed E-state index contributed by atoms with van der Waals surface area (Å²) in [6, 6.07) is 22.1. The maximum absolute atomic E-state index is 12.3. The molecule has 0 spiro atoms. The lowest BCUT2D eigenvalue weighted by Gasteiger charge is -2.06. The van der Waals surface area contributed by atoms with Crippen LogP contribution in [0.25, 0.3) is 11.3 Å². The number of hydrogen-bond acceptors (Lipinski definition) is 4. The van der Waals surface area contributed by atoms with Crippen LogP contribution < -0.4 is 5.46 Å². The molecule has 0 aliphatic rings. The summed E-state index contributed by atoms with van der Waals surface area (Å²) < 4.78 is 72.4. The maximum Gasteiger partial charge on any atom is 0.488 e. The summed E-state index contributed by atoms with van der Waals surface area (Å²) >= 11 is 5.28. The second-order valence-corrected chi connectivity index (χ2v) is 7.33. The second kappa shape index (κ2) is 13.1. The van der Waals surface area contributed by atoms with Crippen molar-refractivity contribution < 1.29 is 36.4 Å². The summed E-state index contributed by atoms with van der Waals surface area (Å²) in [5.74, 6) is 0. The Morgan fingerprint density at radius 3 is 1.44 bits per heavy atom. The third kappa shape index (κ3) is 9.69. The van der Waals surface area contributed by atoms with Gasteiger partial charge >= 0.3 is 19.5 Å². The summed E-state index contributed by atoms with van der Waals surface area (Å²) in [6.45, 7) is 0. The quantitative estimate of drug-likeness (QED) is 0.194. The van der Waals surface area contributed by atoms with Crippen LogP contribution in [0.4, 0.5) is 26.3 Å². The lowest BCUT2D eigenvalue weighted by molar-refractivity contribution is -0.138. The van der Waals surface area contributed by atoms with E-state index >= 15 is 0 Å². The first-order valence-electron chi connectivity index (χ1n) is 10.1. The average Bonchev–Trinajstić information content (AvgIpc) is 2.85. The molecule has 0 bridgehead atoms. The van der Waals surface area contributed by atoms with Crippen molar-refractivity contribution in [3.8, 4) is 11.3 Å². The molecule has 2 N–H and O–H groups in total. The highest BCUT2D eigenvalue weighted by atomic mass is 35.5. The van der Waals surface area contributed by atoms with E-state index in [1.165, 1.54) is 6.07 Å². The van der Waals surface area contributed by atoms with E-state index in [9.17, 15) is 26.3 Å². The normalized spacial score (nSPS) is 10.9. The number of hydrogen-bond donors (Lipinski definition) is 2. The summed E-state index contributed by atoms with van der Waals surface area (Å²) in [5.41, 5.74) is 0.344. The molecule has 4 aromatic rings. The first-order chi connectivity index (χ1) is 16.9. The first kappa shape index (κ1) is 28.8. The summed E-state index contributed by atoms with van der Waals surface area (Å²) in [5, 5.41) is 17.2. The van der Waals surface area contributed by atoms with Gasteiger partial charge in [0.1, 0.15) is 5.15 Å². The van der Waals surface area contributed by atoms with Gasteiger partial charge in [-0.25, -0.2) is 4.98 Å². The number of benzene rings is 2. The molecule has 0 amide bonds. The molecular formula is C24H18BClF6N2O2. The van der Waals surface area contributed by atoms with Crippen molar-refractivity contribution in [3.63, 3.8) is 0 Å². The Morgan fingerprint density at radius 2 is 1.08 bits per heavy atom. The lowest BCUT2D eigenvalue weighted by atomic mass is 9.81. The summed E-state index contributed by atoms with van der Waals surface area (Å²) in [6.07, 6.45) is -7.12. The lowest BCUT2D eigenvalue weighted by Crippen LogP contribution is -2.29. The smallest absolute Gasteiger partial charge is 0.423 e. The van der Waals surface area contributed by atoms with Gasteiger partial charge < -0.3 is 10.0 Å². The zero-order valence-corrected chi connectivity index (χ0v) is 19.0. The maximum atomic E-state index is 12.3. The van der Waals surface area contributed by atoms with Gasteiger partial charge in [-0.2, -0.15) is 26.3 Å². The average molecular weight is 527 g/mol. The van der Waals surface area contributed by atoms with E-state index in [0.717, 1.165) is 30.0 Å². The number of pyridine rings is 2. The van der Waals surface area contributed by atoms with Crippen molar-refractivity contribution in [1.82, 2.24) is 9.97 Å². The summed E-state index contributed by atoms with van der Waals surface area (Å²) in [4.78, 5) is 7.09. The van der Waals surface area contributed by atoms with Gasteiger partial charge in [-0.05, 0) is 29.7 Å². The molecule has 12 heteroatoms. The van der Waals surface area contributed by atoms with Crippen LogP contribution in [0, 0.1) is 0 Å². The Labute approximate surface area is 208 Å². The molecule has 188 valence electrons. The van der Waals surface area contributed by atoms with Gasteiger partial charge in [0.05, 0.1) is 16.8 Å². The minimum atomic E-state index is -4.34. The van der Waals surface area contributed by atoms with E-state index in [-0.39, 0.29) is 5.15 Å². The number of nitrogens with zero attached hydrogens (tertiary/aromatic N) is 2. The third-order valence-corrected chi connectivity index (χ3v) is 4.54. The minimum Gasteiger partial charge on any atom is -0.423 e. The highest BCUT2D eigenvalue weighted by Crippen LogP contribution is 2.30. The zero-order chi connectivity index (χ0) is 26.8. The Hall–Kier alpha value is -3.41. The van der Waals surface area contributed by atoms with E-state index in [1.54, 1.807) is 36.4 Å². The Morgan fingerprint density at radius 1 is 0.611 bits per heavy atom. The Kier molecular flexibility index (Phi) is 10.5. The third-order valence-electron chi connectivity index (χ3n) is 4.31. The molecule has 0 aliphatic heterocycles. The highest BCUT2D eigenvalue weighted by molar-refractivity contribution is 6.58. The first-order valence-corrected chi connectivity index (χ1v) is 10.4. The van der Waals surface area contributed by atoms with Crippen molar-refractivity contribution in [2.24, 2.45) is 0 Å². The van der Waals surface area contributed by atoms with Crippen molar-refractivity contribution >= 4 is 24.2 Å². The SMILES string of the molecule is FC(F)(F)c1ccc(-c2ccccc2)nc1.FC(F)(F)c1ccc(Cl)nc1.OB(O)c1ccccc1. The van der Waals surface area contributed by atoms with Gasteiger partial charge in [0.15, 0.2) is 0 Å². The molecule has 4 nitrogen and oxygen atoms in total. The molecule has 0 unspecified atom stereocenters. The topological polar surface area (TPSA) is 66.2 Å². The monoisotopic (exact) mass is 526 g/mol. The number of aromatic nitrogens is 2. The molecule has 2 aromatic carbocycles. The van der Waals surface area contributed by atoms with Gasteiger partial charge in [-0.15, -0.1) is 0 Å². The molecule has 36 heavy (non-hydrogen) atoms. The molecule has 2 heterocycles. The van der Waals surface area contributed by atoms with Crippen LogP contribution in [0.15, 0.2) is 97.3 Å². The van der Waals surface area contributed by atoms with Crippen LogP contribution in [0.1, 0.15) is 11.1 Å². The van der Waals surface area contributed by atoms with E-state index in [1.807, 2.05) is 24.3 Å². The molecule has 2 aromatic heterocycles. The largest absolute Gasteiger partial charge is 0.488 e. The van der Waals surface area contributed by atoms with Crippen molar-refractivity contribution in [3.05, 3.63) is 114 Å². The number of rotatable bonds is 2. The molecule has 0 saturated heterocycles. The van der Waals surface area contributed by atoms with E-state index < -0.39 is 30.6 Å². The standard InChI is InChI=1S/C12H8F3N.C6H7BO2.C6H3ClF3N/c13-12(14,15)10-6-7-11(16-8-10)9-4-2-1-3-5-9;8-7(9)6-4-2-1-3-5-6;7-5-2-1-4(3-11-5)6(8,9)10/h1-8H;1-5,8-9H;1-3H. The molecule has 4 rings (SSSR count). The van der Waals surface area contributed by atoms with E-state index in [4.69, 9.17) is 21.6 Å². The number of halogens is 7. The predicted molar refractivity (Wildman–Crippen MR) is 125 cm³/mol.